The van der Waals surface area contributed by atoms with Gasteiger partial charge >= 0.3 is 0 Å². The van der Waals surface area contributed by atoms with Crippen molar-refractivity contribution in [2.24, 2.45) is 0 Å². The minimum Gasteiger partial charge on any atom is -0.793 e. The fraction of sp³-hybridized carbons (Fsp3) is 0.143. The molecule has 0 aliphatic heterocycles. The van der Waals surface area contributed by atoms with Gasteiger partial charge < -0.3 is 9.42 Å². The molecule has 2 aromatic carbocycles. The van der Waals surface area contributed by atoms with Gasteiger partial charge in [-0.2, -0.15) is 0 Å². The summed E-state index contributed by atoms with van der Waals surface area (Å²) in [5.74, 6) is 0.608. The maximum atomic E-state index is 12.1. The second-order valence-electron chi connectivity index (χ2n) is 3.97. The zero-order valence-corrected chi connectivity index (χ0v) is 16.5. The summed E-state index contributed by atoms with van der Waals surface area (Å²) in [6.45, 7) is 0.295. The molecule has 0 bridgehead atoms. The molecule has 1 atom stereocenters. The zero-order valence-electron chi connectivity index (χ0n) is 11.0. The van der Waals surface area contributed by atoms with Gasteiger partial charge in [-0.3, -0.25) is 0 Å². The molecule has 0 saturated heterocycles. The van der Waals surface area contributed by atoms with Gasteiger partial charge in [-0.25, -0.2) is 0 Å². The monoisotopic (exact) mass is 373 g/mol. The summed E-state index contributed by atoms with van der Waals surface area (Å²) < 4.78 is 5.37. The normalized spacial score (nSPS) is 13.2. The molecule has 0 heterocycles. The minimum absolute atomic E-state index is 0. The van der Waals surface area contributed by atoms with Crippen LogP contribution in [-0.4, -0.2) is 0 Å². The summed E-state index contributed by atoms with van der Waals surface area (Å²) in [4.78, 5) is 12.1. The summed E-state index contributed by atoms with van der Waals surface area (Å²) >= 11 is 6.24. The van der Waals surface area contributed by atoms with E-state index in [1.165, 1.54) is 11.4 Å². The Morgan fingerprint density at radius 1 is 0.950 bits per heavy atom. The van der Waals surface area contributed by atoms with Gasteiger partial charge in [-0.15, -0.1) is 11.4 Å². The van der Waals surface area contributed by atoms with E-state index in [4.69, 9.17) is 16.3 Å². The number of benzene rings is 2. The molecule has 0 aromatic heterocycles. The fourth-order valence-corrected chi connectivity index (χ4v) is 4.31. The van der Waals surface area contributed by atoms with Crippen LogP contribution >= 0.6 is 17.1 Å². The molecule has 0 saturated carbocycles. The van der Waals surface area contributed by atoms with Crippen LogP contribution in [0.1, 0.15) is 11.1 Å². The van der Waals surface area contributed by atoms with Gasteiger partial charge in [0.2, 0.25) is 0 Å². The Balaban J connectivity index is 0.00000200. The van der Waals surface area contributed by atoms with E-state index in [0.717, 1.165) is 11.1 Å². The molecule has 1 unspecified atom stereocenters. The Hall–Kier alpha value is -0.0166. The Morgan fingerprint density at radius 2 is 1.45 bits per heavy atom. The molecule has 0 radical (unpaired) electrons. The number of rotatable bonds is 6. The molecule has 0 amide bonds. The fourth-order valence-electron chi connectivity index (χ4n) is 1.49. The third-order valence-corrected chi connectivity index (χ3v) is 6.61. The van der Waals surface area contributed by atoms with Gasteiger partial charge in [0.15, 0.2) is 0 Å². The molecule has 0 N–H and O–H groups in total. The molecular formula is C14H14O2PS2Zn-. The number of hydrogen-bond donors (Lipinski definition) is 0. The quantitative estimate of drug-likeness (QED) is 0.570. The van der Waals surface area contributed by atoms with E-state index in [1.807, 2.05) is 60.7 Å². The summed E-state index contributed by atoms with van der Waals surface area (Å²) in [6.07, 6.45) is 0. The molecule has 0 aliphatic carbocycles. The van der Waals surface area contributed by atoms with E-state index < -0.39 is 5.69 Å². The van der Waals surface area contributed by atoms with Crippen LogP contribution in [0.5, 0.6) is 0 Å². The van der Waals surface area contributed by atoms with Crippen molar-refractivity contribution in [2.45, 2.75) is 12.4 Å². The van der Waals surface area contributed by atoms with Crippen LogP contribution in [0.2, 0.25) is 0 Å². The van der Waals surface area contributed by atoms with Gasteiger partial charge in [0, 0.05) is 30.9 Å². The summed E-state index contributed by atoms with van der Waals surface area (Å²) in [6, 6.07) is 19.5. The van der Waals surface area contributed by atoms with E-state index in [0.29, 0.717) is 12.4 Å². The number of hydrogen-bond acceptors (Lipinski definition) is 4. The zero-order chi connectivity index (χ0) is 13.6. The maximum Gasteiger partial charge on any atom is 0.0764 e. The average Bonchev–Trinajstić information content (AvgIpc) is 2.46. The van der Waals surface area contributed by atoms with Crippen molar-refractivity contribution in [2.75, 3.05) is 0 Å². The Labute approximate surface area is 141 Å². The smallest absolute Gasteiger partial charge is 0.0764 e. The Kier molecular flexibility index (Phi) is 8.20. The van der Waals surface area contributed by atoms with Crippen LogP contribution in [0.25, 0.3) is 0 Å². The van der Waals surface area contributed by atoms with Gasteiger partial charge in [0.25, 0.3) is 0 Å². The van der Waals surface area contributed by atoms with E-state index in [-0.39, 0.29) is 19.5 Å². The molecule has 0 spiro atoms. The molecule has 0 fully saturated rings. The van der Waals surface area contributed by atoms with E-state index in [9.17, 15) is 4.89 Å². The third-order valence-electron chi connectivity index (χ3n) is 2.46. The largest absolute Gasteiger partial charge is 0.793 e. The second-order valence-corrected chi connectivity index (χ2v) is 10.0. The molecule has 2 rings (SSSR count). The van der Waals surface area contributed by atoms with Crippen molar-refractivity contribution < 1.29 is 28.9 Å². The third kappa shape index (κ3) is 6.62. The van der Waals surface area contributed by atoms with Crippen molar-refractivity contribution in [1.82, 2.24) is 0 Å². The summed E-state index contributed by atoms with van der Waals surface area (Å²) in [7, 11) is 0. The average molecular weight is 375 g/mol. The minimum atomic E-state index is -3.02. The maximum absolute atomic E-state index is 12.1. The SMILES string of the molecule is [O-]P(=S)(OCc1ccccc1)SCc1ccccc1.[Zn]. The molecule has 0 aliphatic rings. The first-order valence-electron chi connectivity index (χ1n) is 5.84. The molecular weight excluding hydrogens is 361 g/mol. The second kappa shape index (κ2) is 9.09. The van der Waals surface area contributed by atoms with Gasteiger partial charge in [0.05, 0.1) is 6.61 Å². The van der Waals surface area contributed by atoms with E-state index >= 15 is 0 Å². The van der Waals surface area contributed by atoms with Gasteiger partial charge in [0.1, 0.15) is 0 Å². The van der Waals surface area contributed by atoms with E-state index in [1.54, 1.807) is 0 Å². The summed E-state index contributed by atoms with van der Waals surface area (Å²) in [5.41, 5.74) is -0.946. The molecule has 102 valence electrons. The van der Waals surface area contributed by atoms with Crippen molar-refractivity contribution in [3.63, 3.8) is 0 Å². The van der Waals surface area contributed by atoms with E-state index in [2.05, 4.69) is 0 Å². The Bertz CT molecular complexity index is 504. The van der Waals surface area contributed by atoms with Crippen LogP contribution in [0, 0.1) is 0 Å². The topological polar surface area (TPSA) is 32.3 Å². The standard InChI is InChI=1S/C14H15O2PS2.Zn/c15-17(18,16-11-13-7-3-1-4-8-13)19-12-14-9-5-2-6-10-14;/h1-10H,11-12H2,(H,15,18);/p-1. The first-order chi connectivity index (χ1) is 9.16. The first-order valence-corrected chi connectivity index (χ1v) is 10.1. The molecule has 2 nitrogen and oxygen atoms in total. The predicted octanol–water partition coefficient (Wildman–Crippen LogP) is 3.72. The van der Waals surface area contributed by atoms with Crippen molar-refractivity contribution >= 4 is 28.9 Å². The van der Waals surface area contributed by atoms with Gasteiger partial charge in [-0.1, -0.05) is 72.5 Å². The Morgan fingerprint density at radius 3 is 2.00 bits per heavy atom. The van der Waals surface area contributed by atoms with Crippen molar-refractivity contribution in [3.05, 3.63) is 71.8 Å². The van der Waals surface area contributed by atoms with Crippen LogP contribution in [-0.2, 0) is 48.2 Å². The van der Waals surface area contributed by atoms with Crippen LogP contribution < -0.4 is 4.89 Å². The molecule has 6 heteroatoms. The summed E-state index contributed by atoms with van der Waals surface area (Å²) in [5, 5.41) is 0. The van der Waals surface area contributed by atoms with Crippen LogP contribution in [0.3, 0.4) is 0 Å². The molecule has 20 heavy (non-hydrogen) atoms. The predicted molar refractivity (Wildman–Crippen MR) is 83.3 cm³/mol. The molecule has 2 aromatic rings. The van der Waals surface area contributed by atoms with Gasteiger partial charge in [-0.05, 0) is 11.1 Å². The van der Waals surface area contributed by atoms with Crippen LogP contribution in [0.4, 0.5) is 0 Å². The van der Waals surface area contributed by atoms with Crippen molar-refractivity contribution in [3.8, 4) is 0 Å². The van der Waals surface area contributed by atoms with Crippen LogP contribution in [0.15, 0.2) is 60.7 Å². The van der Waals surface area contributed by atoms with Crippen molar-refractivity contribution in [1.29, 1.82) is 0 Å². The first kappa shape index (κ1) is 18.0.